The third kappa shape index (κ3) is 7.39. The van der Waals surface area contributed by atoms with Gasteiger partial charge in [0.2, 0.25) is 0 Å². The molecule has 3 rings (SSSR count). The number of rotatable bonds is 2. The number of fused-ring (bicyclic) bond motifs is 2. The number of para-hydroxylation sites is 4. The van der Waals surface area contributed by atoms with E-state index in [1.807, 2.05) is 36.4 Å². The van der Waals surface area contributed by atoms with Gasteiger partial charge < -0.3 is 28.8 Å². The SMILES string of the molecule is CCCCC#CC1(O)COc2ccccc2OCCOCCOc2ccccc2OC1. The highest BCUT2D eigenvalue weighted by atomic mass is 16.6. The Labute approximate surface area is 184 Å². The molecule has 6 heteroatoms. The summed E-state index contributed by atoms with van der Waals surface area (Å²) in [7, 11) is 0. The van der Waals surface area contributed by atoms with E-state index in [0.29, 0.717) is 55.8 Å². The van der Waals surface area contributed by atoms with E-state index < -0.39 is 5.60 Å². The number of aliphatic hydroxyl groups is 1. The summed E-state index contributed by atoms with van der Waals surface area (Å²) >= 11 is 0. The Morgan fingerprint density at radius 2 is 1.26 bits per heavy atom. The first kappa shape index (κ1) is 22.8. The lowest BCUT2D eigenvalue weighted by Gasteiger charge is -2.24. The van der Waals surface area contributed by atoms with Crippen LogP contribution in [0.15, 0.2) is 48.5 Å². The van der Waals surface area contributed by atoms with Crippen LogP contribution < -0.4 is 18.9 Å². The fourth-order valence-corrected chi connectivity index (χ4v) is 2.90. The van der Waals surface area contributed by atoms with Crippen molar-refractivity contribution in [1.82, 2.24) is 0 Å². The third-order valence-electron chi connectivity index (χ3n) is 4.58. The van der Waals surface area contributed by atoms with Crippen LogP contribution in [0.3, 0.4) is 0 Å². The predicted molar refractivity (Wildman–Crippen MR) is 118 cm³/mol. The molecule has 1 N–H and O–H groups in total. The van der Waals surface area contributed by atoms with Crippen molar-refractivity contribution in [3.8, 4) is 34.8 Å². The average molecular weight is 427 g/mol. The van der Waals surface area contributed by atoms with Gasteiger partial charge in [-0.15, -0.1) is 0 Å². The molecular formula is C25H30O6. The van der Waals surface area contributed by atoms with E-state index in [0.717, 1.165) is 12.8 Å². The molecule has 0 aliphatic carbocycles. The molecular weight excluding hydrogens is 396 g/mol. The average Bonchev–Trinajstić information content (AvgIpc) is 2.79. The second-order valence-electron chi connectivity index (χ2n) is 7.22. The Hall–Kier alpha value is -2.88. The molecule has 2 aromatic rings. The normalized spacial score (nSPS) is 16.6. The first-order chi connectivity index (χ1) is 15.2. The maximum Gasteiger partial charge on any atom is 0.193 e. The number of hydrogen-bond acceptors (Lipinski definition) is 6. The Morgan fingerprint density at radius 1 is 0.774 bits per heavy atom. The maximum atomic E-state index is 11.2. The zero-order chi connectivity index (χ0) is 21.8. The van der Waals surface area contributed by atoms with Gasteiger partial charge in [-0.1, -0.05) is 49.5 Å². The fourth-order valence-electron chi connectivity index (χ4n) is 2.90. The van der Waals surface area contributed by atoms with E-state index in [9.17, 15) is 5.11 Å². The quantitative estimate of drug-likeness (QED) is 0.581. The van der Waals surface area contributed by atoms with Crippen molar-refractivity contribution >= 4 is 0 Å². The molecule has 0 unspecified atom stereocenters. The highest BCUT2D eigenvalue weighted by Crippen LogP contribution is 2.29. The molecule has 166 valence electrons. The van der Waals surface area contributed by atoms with E-state index in [-0.39, 0.29) is 13.2 Å². The number of benzene rings is 2. The highest BCUT2D eigenvalue weighted by molar-refractivity contribution is 5.41. The van der Waals surface area contributed by atoms with E-state index in [2.05, 4.69) is 18.8 Å². The molecule has 0 saturated carbocycles. The Bertz CT molecular complexity index is 814. The molecule has 31 heavy (non-hydrogen) atoms. The van der Waals surface area contributed by atoms with E-state index in [1.54, 1.807) is 12.1 Å². The smallest absolute Gasteiger partial charge is 0.193 e. The summed E-state index contributed by atoms with van der Waals surface area (Å²) in [4.78, 5) is 0. The Balaban J connectivity index is 1.82. The minimum absolute atomic E-state index is 0.0635. The molecule has 0 saturated heterocycles. The van der Waals surface area contributed by atoms with Crippen molar-refractivity contribution in [3.63, 3.8) is 0 Å². The Morgan fingerprint density at radius 3 is 1.74 bits per heavy atom. The second-order valence-corrected chi connectivity index (χ2v) is 7.22. The summed E-state index contributed by atoms with van der Waals surface area (Å²) in [5, 5.41) is 11.2. The van der Waals surface area contributed by atoms with Crippen molar-refractivity contribution < 1.29 is 28.8 Å². The van der Waals surface area contributed by atoms with Crippen LogP contribution >= 0.6 is 0 Å². The van der Waals surface area contributed by atoms with Gasteiger partial charge in [0.05, 0.1) is 13.2 Å². The van der Waals surface area contributed by atoms with Gasteiger partial charge >= 0.3 is 0 Å². The Kier molecular flexibility index (Phi) is 8.89. The van der Waals surface area contributed by atoms with Gasteiger partial charge in [-0.3, -0.25) is 0 Å². The first-order valence-electron chi connectivity index (χ1n) is 10.7. The summed E-state index contributed by atoms with van der Waals surface area (Å²) in [6.07, 6.45) is 2.72. The van der Waals surface area contributed by atoms with Crippen molar-refractivity contribution in [2.45, 2.75) is 31.8 Å². The van der Waals surface area contributed by atoms with Gasteiger partial charge in [0, 0.05) is 6.42 Å². The lowest BCUT2D eigenvalue weighted by atomic mass is 10.1. The largest absolute Gasteiger partial charge is 0.487 e. The molecule has 1 aliphatic heterocycles. The van der Waals surface area contributed by atoms with Crippen LogP contribution in [0.4, 0.5) is 0 Å². The van der Waals surface area contributed by atoms with Gasteiger partial charge in [-0.25, -0.2) is 0 Å². The summed E-state index contributed by atoms with van der Waals surface area (Å²) in [5.41, 5.74) is -1.49. The molecule has 0 aromatic heterocycles. The molecule has 6 nitrogen and oxygen atoms in total. The molecule has 2 aromatic carbocycles. The summed E-state index contributed by atoms with van der Waals surface area (Å²) < 4.78 is 29.0. The zero-order valence-electron chi connectivity index (χ0n) is 18.0. The third-order valence-corrected chi connectivity index (χ3v) is 4.58. The van der Waals surface area contributed by atoms with Crippen LogP contribution in [0.5, 0.6) is 23.0 Å². The number of unbranched alkanes of at least 4 members (excludes halogenated alkanes) is 2. The molecule has 0 fully saturated rings. The monoisotopic (exact) mass is 426 g/mol. The predicted octanol–water partition coefficient (Wildman–Crippen LogP) is 3.86. The van der Waals surface area contributed by atoms with Gasteiger partial charge in [0.25, 0.3) is 0 Å². The van der Waals surface area contributed by atoms with Crippen molar-refractivity contribution in [2.24, 2.45) is 0 Å². The lowest BCUT2D eigenvalue weighted by Crippen LogP contribution is -2.41. The van der Waals surface area contributed by atoms with Crippen LogP contribution in [0.25, 0.3) is 0 Å². The minimum Gasteiger partial charge on any atom is -0.487 e. The molecule has 0 bridgehead atoms. The van der Waals surface area contributed by atoms with Crippen LogP contribution in [0, 0.1) is 11.8 Å². The van der Waals surface area contributed by atoms with Crippen LogP contribution in [0.2, 0.25) is 0 Å². The molecule has 0 amide bonds. The molecule has 0 spiro atoms. The van der Waals surface area contributed by atoms with E-state index >= 15 is 0 Å². The van der Waals surface area contributed by atoms with Gasteiger partial charge in [0.1, 0.15) is 26.4 Å². The summed E-state index contributed by atoms with van der Waals surface area (Å²) in [6, 6.07) is 14.7. The summed E-state index contributed by atoms with van der Waals surface area (Å²) in [5.74, 6) is 8.25. The van der Waals surface area contributed by atoms with Crippen molar-refractivity contribution in [1.29, 1.82) is 0 Å². The van der Waals surface area contributed by atoms with Gasteiger partial charge in [0.15, 0.2) is 28.6 Å². The van der Waals surface area contributed by atoms with Crippen LogP contribution in [0.1, 0.15) is 26.2 Å². The highest BCUT2D eigenvalue weighted by Gasteiger charge is 2.28. The topological polar surface area (TPSA) is 66.4 Å². The number of hydrogen-bond donors (Lipinski definition) is 1. The second kappa shape index (κ2) is 12.1. The molecule has 1 aliphatic rings. The van der Waals surface area contributed by atoms with Crippen molar-refractivity contribution in [2.75, 3.05) is 39.6 Å². The van der Waals surface area contributed by atoms with E-state index in [1.165, 1.54) is 0 Å². The van der Waals surface area contributed by atoms with Gasteiger partial charge in [-0.2, -0.15) is 0 Å². The lowest BCUT2D eigenvalue weighted by molar-refractivity contribution is 0.00393. The maximum absolute atomic E-state index is 11.2. The molecule has 1 heterocycles. The molecule has 0 radical (unpaired) electrons. The van der Waals surface area contributed by atoms with Crippen LogP contribution in [-0.2, 0) is 4.74 Å². The first-order valence-corrected chi connectivity index (χ1v) is 10.7. The van der Waals surface area contributed by atoms with Crippen molar-refractivity contribution in [3.05, 3.63) is 48.5 Å². The standard InChI is InChI=1S/C25H30O6/c1-2-3-4-9-14-25(26)19-30-23-12-7-5-10-21(23)28-17-15-27-16-18-29-22-11-6-8-13-24(22)31-20-25/h5-8,10-13,26H,2-4,15-20H2,1H3. The fraction of sp³-hybridized carbons (Fsp3) is 0.440. The zero-order valence-corrected chi connectivity index (χ0v) is 18.0. The van der Waals surface area contributed by atoms with Gasteiger partial charge in [-0.05, 0) is 30.7 Å². The minimum atomic E-state index is -1.49. The number of ether oxygens (including phenoxy) is 5. The molecule has 0 atom stereocenters. The summed E-state index contributed by atoms with van der Waals surface area (Å²) in [6.45, 7) is 3.57. The van der Waals surface area contributed by atoms with E-state index in [4.69, 9.17) is 23.7 Å². The van der Waals surface area contributed by atoms with Crippen LogP contribution in [-0.4, -0.2) is 50.3 Å².